The summed E-state index contributed by atoms with van der Waals surface area (Å²) in [6.07, 6.45) is -1.90. The third kappa shape index (κ3) is 6.87. The van der Waals surface area contributed by atoms with Crippen molar-refractivity contribution in [3.05, 3.63) is 61.1 Å². The fraction of sp³-hybridized carbons (Fsp3) is 0.100. The van der Waals surface area contributed by atoms with Crippen LogP contribution in [-0.2, 0) is 14.8 Å². The van der Waals surface area contributed by atoms with Gasteiger partial charge in [-0.15, -0.1) is 0 Å². The fourth-order valence-electron chi connectivity index (χ4n) is 2.66. The van der Waals surface area contributed by atoms with Crippen LogP contribution < -0.4 is 15.4 Å². The number of anilines is 4. The summed E-state index contributed by atoms with van der Waals surface area (Å²) < 4.78 is 57.9. The Hall–Kier alpha value is -4.24. The van der Waals surface area contributed by atoms with Gasteiger partial charge in [0.1, 0.15) is 18.0 Å². The number of benzene rings is 2. The molecule has 0 radical (unpaired) electrons. The van der Waals surface area contributed by atoms with E-state index in [-0.39, 0.29) is 4.90 Å². The normalized spacial score (nSPS) is 11.4. The molecule has 4 rings (SSSR count). The highest BCUT2D eigenvalue weighted by Crippen LogP contribution is 2.23. The van der Waals surface area contributed by atoms with Crippen molar-refractivity contribution in [3.8, 4) is 0 Å². The molecule has 0 aliphatic heterocycles. The molecule has 0 fully saturated rings. The van der Waals surface area contributed by atoms with Crippen molar-refractivity contribution in [1.82, 2.24) is 24.9 Å². The second-order valence-electron chi connectivity index (χ2n) is 6.75. The lowest BCUT2D eigenvalue weighted by Gasteiger charge is -2.10. The summed E-state index contributed by atoms with van der Waals surface area (Å²) in [7, 11) is -2.14. The number of nitrogens with zero attached hydrogens (tertiary/aromatic N) is 3. The molecule has 0 aliphatic rings. The molecule has 2 aromatic carbocycles. The van der Waals surface area contributed by atoms with Crippen molar-refractivity contribution in [2.24, 2.45) is 0 Å². The average Bonchev–Trinajstić information content (AvgIpc) is 3.27. The standard InChI is InChI=1S/C18H17N7O2S.C2HF3O2/c1-19-28(26,27)15-4-2-3-13(7-15)23-17-9-18(21-11-20-17)24-14-6-5-12-10-22-25-16(12)8-14;3-2(4,5)1(6)7/h2-11,19H,1H3,(H,22,25)(H2,20,21,23,24);(H,6,7). The predicted molar refractivity (Wildman–Crippen MR) is 121 cm³/mol. The molecule has 184 valence electrons. The summed E-state index contributed by atoms with van der Waals surface area (Å²) >= 11 is 0. The first-order chi connectivity index (χ1) is 16.5. The number of aliphatic carboxylic acids is 1. The number of aromatic amines is 1. The summed E-state index contributed by atoms with van der Waals surface area (Å²) in [5.41, 5.74) is 2.36. The zero-order valence-corrected chi connectivity index (χ0v) is 18.6. The number of carbonyl (C=O) groups is 1. The first-order valence-electron chi connectivity index (χ1n) is 9.61. The minimum Gasteiger partial charge on any atom is -0.475 e. The molecular weight excluding hydrogens is 491 g/mol. The van der Waals surface area contributed by atoms with E-state index in [1.807, 2.05) is 18.2 Å². The smallest absolute Gasteiger partial charge is 0.475 e. The van der Waals surface area contributed by atoms with Crippen molar-refractivity contribution >= 4 is 49.9 Å². The van der Waals surface area contributed by atoms with Gasteiger partial charge in [0.25, 0.3) is 0 Å². The van der Waals surface area contributed by atoms with Crippen molar-refractivity contribution in [2.45, 2.75) is 11.1 Å². The maximum atomic E-state index is 12.0. The number of nitrogens with one attached hydrogen (secondary N) is 4. The highest BCUT2D eigenvalue weighted by Gasteiger charge is 2.38. The Labute approximate surface area is 196 Å². The predicted octanol–water partition coefficient (Wildman–Crippen LogP) is 3.38. The molecular formula is C20H18F3N7O4S. The molecule has 0 saturated heterocycles. The third-order valence-corrected chi connectivity index (χ3v) is 5.72. The van der Waals surface area contributed by atoms with Crippen LogP contribution >= 0.6 is 0 Å². The summed E-state index contributed by atoms with van der Waals surface area (Å²) in [4.78, 5) is 17.5. The maximum absolute atomic E-state index is 12.0. The van der Waals surface area contributed by atoms with Gasteiger partial charge in [-0.05, 0) is 43.4 Å². The molecule has 4 aromatic rings. The number of aromatic nitrogens is 4. The zero-order valence-electron chi connectivity index (χ0n) is 17.8. The molecule has 5 N–H and O–H groups in total. The number of alkyl halides is 3. The second kappa shape index (κ2) is 10.4. The largest absolute Gasteiger partial charge is 0.490 e. The Morgan fingerprint density at radius 2 is 1.63 bits per heavy atom. The van der Waals surface area contributed by atoms with Gasteiger partial charge in [-0.1, -0.05) is 6.07 Å². The number of hydrogen-bond donors (Lipinski definition) is 5. The van der Waals surface area contributed by atoms with E-state index in [0.717, 1.165) is 16.6 Å². The third-order valence-electron chi connectivity index (χ3n) is 4.31. The Bertz CT molecular complexity index is 1440. The van der Waals surface area contributed by atoms with E-state index >= 15 is 0 Å². The van der Waals surface area contributed by atoms with Crippen LogP contribution in [0.15, 0.2) is 66.0 Å². The Morgan fingerprint density at radius 1 is 1.00 bits per heavy atom. The van der Waals surface area contributed by atoms with Gasteiger partial charge in [0, 0.05) is 22.8 Å². The minimum atomic E-state index is -5.08. The van der Waals surface area contributed by atoms with Gasteiger partial charge >= 0.3 is 12.1 Å². The molecule has 2 aromatic heterocycles. The number of carboxylic acids is 1. The molecule has 0 saturated carbocycles. The number of sulfonamides is 1. The molecule has 15 heteroatoms. The van der Waals surface area contributed by atoms with Crippen LogP contribution in [0, 0.1) is 0 Å². The van der Waals surface area contributed by atoms with Crippen molar-refractivity contribution in [3.63, 3.8) is 0 Å². The van der Waals surface area contributed by atoms with Crippen molar-refractivity contribution in [1.29, 1.82) is 0 Å². The molecule has 2 heterocycles. The summed E-state index contributed by atoms with van der Waals surface area (Å²) in [5.74, 6) is -1.64. The first-order valence-corrected chi connectivity index (χ1v) is 11.1. The number of hydrogen-bond acceptors (Lipinski definition) is 8. The molecule has 0 spiro atoms. The van der Waals surface area contributed by atoms with E-state index in [9.17, 15) is 21.6 Å². The number of carboxylic acid groups (broad SMARTS) is 1. The number of rotatable bonds is 6. The van der Waals surface area contributed by atoms with Crippen LogP contribution in [0.4, 0.5) is 36.2 Å². The maximum Gasteiger partial charge on any atom is 0.490 e. The fourth-order valence-corrected chi connectivity index (χ4v) is 3.44. The lowest BCUT2D eigenvalue weighted by molar-refractivity contribution is -0.192. The highest BCUT2D eigenvalue weighted by atomic mass is 32.2. The molecule has 0 aliphatic carbocycles. The molecule has 0 atom stereocenters. The van der Waals surface area contributed by atoms with Crippen LogP contribution in [0.2, 0.25) is 0 Å². The summed E-state index contributed by atoms with van der Waals surface area (Å²) in [6.45, 7) is 0. The Kier molecular flexibility index (Phi) is 7.51. The van der Waals surface area contributed by atoms with Gasteiger partial charge in [-0.3, -0.25) is 5.10 Å². The lowest BCUT2D eigenvalue weighted by Crippen LogP contribution is -2.21. The molecule has 0 amide bonds. The van der Waals surface area contributed by atoms with Gasteiger partial charge in [-0.2, -0.15) is 18.3 Å². The first kappa shape index (κ1) is 25.4. The van der Waals surface area contributed by atoms with E-state index in [1.54, 1.807) is 24.4 Å². The number of halogens is 3. The van der Waals surface area contributed by atoms with Crippen LogP contribution in [0.5, 0.6) is 0 Å². The van der Waals surface area contributed by atoms with Crippen molar-refractivity contribution < 1.29 is 31.5 Å². The number of fused-ring (bicyclic) bond motifs is 1. The van der Waals surface area contributed by atoms with E-state index in [4.69, 9.17) is 9.90 Å². The van der Waals surface area contributed by atoms with Crippen LogP contribution in [0.25, 0.3) is 10.9 Å². The quantitative estimate of drug-likeness (QED) is 0.262. The molecule has 35 heavy (non-hydrogen) atoms. The van der Waals surface area contributed by atoms with E-state index in [1.165, 1.54) is 25.5 Å². The Morgan fingerprint density at radius 3 is 2.23 bits per heavy atom. The lowest BCUT2D eigenvalue weighted by atomic mass is 10.2. The van der Waals surface area contributed by atoms with E-state index < -0.39 is 22.2 Å². The van der Waals surface area contributed by atoms with Gasteiger partial charge < -0.3 is 15.7 Å². The summed E-state index contributed by atoms with van der Waals surface area (Å²) in [6, 6.07) is 14.0. The van der Waals surface area contributed by atoms with Crippen LogP contribution in [0.3, 0.4) is 0 Å². The van der Waals surface area contributed by atoms with Crippen LogP contribution in [0.1, 0.15) is 0 Å². The van der Waals surface area contributed by atoms with Gasteiger partial charge in [0.05, 0.1) is 16.6 Å². The monoisotopic (exact) mass is 509 g/mol. The zero-order chi connectivity index (χ0) is 25.6. The van der Waals surface area contributed by atoms with Gasteiger partial charge in [-0.25, -0.2) is 27.9 Å². The number of H-pyrrole nitrogens is 1. The van der Waals surface area contributed by atoms with E-state index in [2.05, 4.69) is 35.5 Å². The highest BCUT2D eigenvalue weighted by molar-refractivity contribution is 7.89. The molecule has 0 unspecified atom stereocenters. The van der Waals surface area contributed by atoms with Crippen LogP contribution in [-0.4, -0.2) is 52.9 Å². The molecule has 11 nitrogen and oxygen atoms in total. The SMILES string of the molecule is CNS(=O)(=O)c1cccc(Nc2cc(Nc3ccc4cn[nH]c4c3)ncn2)c1.O=C(O)C(F)(F)F. The average molecular weight is 509 g/mol. The summed E-state index contributed by atoms with van der Waals surface area (Å²) in [5, 5.41) is 21.4. The molecule has 0 bridgehead atoms. The van der Waals surface area contributed by atoms with Crippen molar-refractivity contribution in [2.75, 3.05) is 17.7 Å². The topological polar surface area (TPSA) is 162 Å². The second-order valence-corrected chi connectivity index (χ2v) is 8.64. The van der Waals surface area contributed by atoms with Gasteiger partial charge in [0.2, 0.25) is 10.0 Å². The Balaban J connectivity index is 0.000000429. The van der Waals surface area contributed by atoms with Gasteiger partial charge in [0.15, 0.2) is 0 Å². The van der Waals surface area contributed by atoms with E-state index in [0.29, 0.717) is 17.3 Å². The minimum absolute atomic E-state index is 0.167.